The Labute approximate surface area is 134 Å². The summed E-state index contributed by atoms with van der Waals surface area (Å²) in [6.07, 6.45) is 1.89. The first kappa shape index (κ1) is 17.2. The number of nitrogens with one attached hydrogen (secondary N) is 2. The third-order valence-electron chi connectivity index (χ3n) is 3.17. The molecule has 2 N–H and O–H groups in total. The molecular weight excluding hydrogens is 399 g/mol. The van der Waals surface area contributed by atoms with Gasteiger partial charge in [-0.05, 0) is 67.1 Å². The topological polar surface area (TPSA) is 58.2 Å². The van der Waals surface area contributed by atoms with E-state index in [1.165, 1.54) is 0 Å². The maximum absolute atomic E-state index is 12.3. The maximum atomic E-state index is 12.3. The summed E-state index contributed by atoms with van der Waals surface area (Å²) in [7, 11) is -3.41. The number of hydrogen-bond donors (Lipinski definition) is 2. The molecule has 0 saturated carbocycles. The smallest absolute Gasteiger partial charge is 0.240 e. The lowest BCUT2D eigenvalue weighted by molar-refractivity contribution is 0.349. The molecule has 4 nitrogen and oxygen atoms in total. The first-order valence-electron chi connectivity index (χ1n) is 6.00. The highest BCUT2D eigenvalue weighted by molar-refractivity contribution is 14.1. The summed E-state index contributed by atoms with van der Waals surface area (Å²) in [5, 5.41) is 3.29. The minimum atomic E-state index is -3.41. The molecule has 19 heavy (non-hydrogen) atoms. The Bertz CT molecular complexity index is 524. The molecule has 108 valence electrons. The van der Waals surface area contributed by atoms with Crippen LogP contribution in [0.1, 0.15) is 19.8 Å². The van der Waals surface area contributed by atoms with Gasteiger partial charge < -0.3 is 5.32 Å². The molecule has 0 radical (unpaired) electrons. The number of hydrogen-bond acceptors (Lipinski definition) is 3. The third-order valence-corrected chi connectivity index (χ3v) is 5.33. The van der Waals surface area contributed by atoms with Crippen molar-refractivity contribution in [2.45, 2.75) is 36.7 Å². The highest BCUT2D eigenvalue weighted by Gasteiger charge is 2.26. The van der Waals surface area contributed by atoms with E-state index < -0.39 is 10.0 Å². The quantitative estimate of drug-likeness (QED) is 0.742. The zero-order chi connectivity index (χ0) is 13.2. The van der Waals surface area contributed by atoms with Gasteiger partial charge >= 0.3 is 0 Å². The summed E-state index contributed by atoms with van der Waals surface area (Å²) in [6.45, 7) is 2.98. The lowest BCUT2D eigenvalue weighted by Crippen LogP contribution is -2.51. The minimum absolute atomic E-state index is 0. The van der Waals surface area contributed by atoms with Gasteiger partial charge in [-0.25, -0.2) is 13.1 Å². The van der Waals surface area contributed by atoms with E-state index in [0.29, 0.717) is 4.90 Å². The Morgan fingerprint density at radius 2 is 2.16 bits per heavy atom. The molecule has 1 aliphatic heterocycles. The summed E-state index contributed by atoms with van der Waals surface area (Å²) in [5.74, 6) is 0. The van der Waals surface area contributed by atoms with E-state index in [9.17, 15) is 8.42 Å². The Kier molecular flexibility index (Phi) is 6.52. The van der Waals surface area contributed by atoms with Crippen LogP contribution in [0.2, 0.25) is 0 Å². The van der Waals surface area contributed by atoms with Gasteiger partial charge in [0.2, 0.25) is 10.0 Å². The van der Waals surface area contributed by atoms with Crippen molar-refractivity contribution in [3.63, 3.8) is 0 Å². The summed E-state index contributed by atoms with van der Waals surface area (Å²) < 4.78 is 28.2. The Hall–Kier alpha value is 0.110. The van der Waals surface area contributed by atoms with Gasteiger partial charge in [-0.2, -0.15) is 0 Å². The molecule has 0 spiro atoms. The van der Waals surface area contributed by atoms with Crippen LogP contribution in [0.25, 0.3) is 0 Å². The summed E-state index contributed by atoms with van der Waals surface area (Å²) in [6, 6.07) is 7.11. The molecule has 1 fully saturated rings. The Morgan fingerprint density at radius 3 is 2.79 bits per heavy atom. The summed E-state index contributed by atoms with van der Waals surface area (Å²) in [4.78, 5) is 0.340. The fourth-order valence-electron chi connectivity index (χ4n) is 2.11. The van der Waals surface area contributed by atoms with Crippen LogP contribution in [0, 0.1) is 3.57 Å². The molecule has 1 heterocycles. The maximum Gasteiger partial charge on any atom is 0.240 e. The number of sulfonamides is 1. The van der Waals surface area contributed by atoms with Gasteiger partial charge in [0.1, 0.15) is 0 Å². The molecule has 0 aromatic heterocycles. The lowest BCUT2D eigenvalue weighted by atomic mass is 10.0. The predicted molar refractivity (Wildman–Crippen MR) is 87.2 cm³/mol. The van der Waals surface area contributed by atoms with Crippen molar-refractivity contribution in [2.24, 2.45) is 0 Å². The van der Waals surface area contributed by atoms with Crippen molar-refractivity contribution >= 4 is 45.0 Å². The van der Waals surface area contributed by atoms with Gasteiger partial charge in [-0.15, -0.1) is 12.4 Å². The average molecular weight is 417 g/mol. The predicted octanol–water partition coefficient (Wildman–Crippen LogP) is 2.13. The number of halogens is 2. The lowest BCUT2D eigenvalue weighted by Gasteiger charge is -2.30. The SMILES string of the molecule is CC1NCCCC1NS(=O)(=O)c1cccc(I)c1.Cl. The molecule has 0 bridgehead atoms. The number of piperidine rings is 1. The molecule has 2 unspecified atom stereocenters. The average Bonchev–Trinajstić information content (AvgIpc) is 2.32. The molecule has 0 aliphatic carbocycles. The second-order valence-electron chi connectivity index (χ2n) is 4.57. The minimum Gasteiger partial charge on any atom is -0.313 e. The Morgan fingerprint density at radius 1 is 1.42 bits per heavy atom. The van der Waals surface area contributed by atoms with Gasteiger partial charge in [0.15, 0.2) is 0 Å². The largest absolute Gasteiger partial charge is 0.313 e. The van der Waals surface area contributed by atoms with Gasteiger partial charge in [0.25, 0.3) is 0 Å². The summed E-state index contributed by atoms with van der Waals surface area (Å²) >= 11 is 2.12. The monoisotopic (exact) mass is 416 g/mol. The van der Waals surface area contributed by atoms with E-state index in [2.05, 4.69) is 32.6 Å². The molecule has 1 aromatic rings. The van der Waals surface area contributed by atoms with Crippen LogP contribution in [0.5, 0.6) is 0 Å². The van der Waals surface area contributed by atoms with E-state index in [1.807, 2.05) is 13.0 Å². The van der Waals surface area contributed by atoms with Crippen LogP contribution in [-0.4, -0.2) is 27.0 Å². The van der Waals surface area contributed by atoms with Crippen LogP contribution < -0.4 is 10.0 Å². The van der Waals surface area contributed by atoms with Gasteiger partial charge in [0, 0.05) is 15.7 Å². The van der Waals surface area contributed by atoms with Crippen molar-refractivity contribution in [2.75, 3.05) is 6.54 Å². The third kappa shape index (κ3) is 4.56. The fraction of sp³-hybridized carbons (Fsp3) is 0.500. The van der Waals surface area contributed by atoms with Gasteiger partial charge in [0.05, 0.1) is 4.90 Å². The van der Waals surface area contributed by atoms with Gasteiger partial charge in [-0.3, -0.25) is 0 Å². The van der Waals surface area contributed by atoms with Crippen molar-refractivity contribution in [1.82, 2.24) is 10.0 Å². The van der Waals surface area contributed by atoms with Crippen LogP contribution in [0.15, 0.2) is 29.2 Å². The number of rotatable bonds is 3. The standard InChI is InChI=1S/C12H17IN2O2S.ClH/c1-9-12(6-3-7-14-9)15-18(16,17)11-5-2-4-10(13)8-11;/h2,4-5,8-9,12,14-15H,3,6-7H2,1H3;1H. The molecule has 1 aliphatic rings. The highest BCUT2D eigenvalue weighted by Crippen LogP contribution is 2.16. The number of benzene rings is 1. The van der Waals surface area contributed by atoms with Crippen LogP contribution >= 0.6 is 35.0 Å². The van der Waals surface area contributed by atoms with Crippen molar-refractivity contribution in [3.05, 3.63) is 27.8 Å². The van der Waals surface area contributed by atoms with Gasteiger partial charge in [-0.1, -0.05) is 6.07 Å². The van der Waals surface area contributed by atoms with E-state index >= 15 is 0 Å². The first-order chi connectivity index (χ1) is 8.49. The molecule has 1 saturated heterocycles. The molecule has 0 amide bonds. The van der Waals surface area contributed by atoms with Crippen molar-refractivity contribution in [3.8, 4) is 0 Å². The van der Waals surface area contributed by atoms with Crippen molar-refractivity contribution < 1.29 is 8.42 Å². The second kappa shape index (κ2) is 7.21. The molecular formula is C12H18ClIN2O2S. The molecule has 7 heteroatoms. The zero-order valence-electron chi connectivity index (χ0n) is 10.6. The van der Waals surface area contributed by atoms with E-state index in [1.54, 1.807) is 18.2 Å². The molecule has 2 rings (SSSR count). The normalized spacial score (nSPS) is 23.7. The van der Waals surface area contributed by atoms with E-state index in [0.717, 1.165) is 23.0 Å². The summed E-state index contributed by atoms with van der Waals surface area (Å²) in [5.41, 5.74) is 0. The van der Waals surface area contributed by atoms with Crippen LogP contribution in [0.3, 0.4) is 0 Å². The molecule has 2 atom stereocenters. The van der Waals surface area contributed by atoms with Crippen LogP contribution in [-0.2, 0) is 10.0 Å². The second-order valence-corrected chi connectivity index (χ2v) is 7.53. The fourth-order valence-corrected chi connectivity index (χ4v) is 4.26. The zero-order valence-corrected chi connectivity index (χ0v) is 14.4. The van der Waals surface area contributed by atoms with Crippen molar-refractivity contribution in [1.29, 1.82) is 0 Å². The highest BCUT2D eigenvalue weighted by atomic mass is 127. The van der Waals surface area contributed by atoms with E-state index in [-0.39, 0.29) is 24.5 Å². The van der Waals surface area contributed by atoms with Crippen LogP contribution in [0.4, 0.5) is 0 Å². The first-order valence-corrected chi connectivity index (χ1v) is 8.56. The molecule has 1 aromatic carbocycles. The Balaban J connectivity index is 0.00000180. The van der Waals surface area contributed by atoms with E-state index in [4.69, 9.17) is 0 Å².